The second-order valence-corrected chi connectivity index (χ2v) is 7.32. The lowest BCUT2D eigenvalue weighted by Gasteiger charge is -2.24. The van der Waals surface area contributed by atoms with Gasteiger partial charge in [-0.05, 0) is 37.6 Å². The van der Waals surface area contributed by atoms with Crippen LogP contribution in [0.4, 0.5) is 0 Å². The zero-order valence-electron chi connectivity index (χ0n) is 11.8. The van der Waals surface area contributed by atoms with Gasteiger partial charge in [0, 0.05) is 19.1 Å². The van der Waals surface area contributed by atoms with Gasteiger partial charge in [-0.1, -0.05) is 18.5 Å². The van der Waals surface area contributed by atoms with Crippen molar-refractivity contribution in [2.75, 3.05) is 19.6 Å². The van der Waals surface area contributed by atoms with Gasteiger partial charge in [0.1, 0.15) is 4.90 Å². The Morgan fingerprint density at radius 1 is 1.52 bits per heavy atom. The van der Waals surface area contributed by atoms with Crippen LogP contribution in [0.5, 0.6) is 0 Å². The normalized spacial score (nSPS) is 18.9. The molecule has 1 unspecified atom stereocenters. The summed E-state index contributed by atoms with van der Waals surface area (Å²) >= 11 is 6.02. The fourth-order valence-corrected chi connectivity index (χ4v) is 4.46. The van der Waals surface area contributed by atoms with Crippen molar-refractivity contribution >= 4 is 21.6 Å². The van der Waals surface area contributed by atoms with Gasteiger partial charge < -0.3 is 5.32 Å². The molecular formula is C14H18ClN3O2S. The molecule has 1 aromatic rings. The summed E-state index contributed by atoms with van der Waals surface area (Å²) in [5.74, 6) is 0. The average molecular weight is 328 g/mol. The molecule has 1 aliphatic heterocycles. The first kappa shape index (κ1) is 16.2. The van der Waals surface area contributed by atoms with Gasteiger partial charge >= 0.3 is 0 Å². The van der Waals surface area contributed by atoms with E-state index in [1.54, 1.807) is 6.92 Å². The van der Waals surface area contributed by atoms with Gasteiger partial charge in [-0.15, -0.1) is 0 Å². The molecule has 1 fully saturated rings. The van der Waals surface area contributed by atoms with Gasteiger partial charge in [0.15, 0.2) is 0 Å². The Balaban J connectivity index is 2.32. The second-order valence-electron chi connectivity index (χ2n) is 5.01. The van der Waals surface area contributed by atoms with Crippen LogP contribution in [0.25, 0.3) is 0 Å². The molecule has 7 heteroatoms. The number of halogens is 1. The van der Waals surface area contributed by atoms with Crippen molar-refractivity contribution in [1.29, 1.82) is 5.26 Å². The summed E-state index contributed by atoms with van der Waals surface area (Å²) in [6.07, 6.45) is 2.03. The molecule has 114 valence electrons. The maximum absolute atomic E-state index is 12.7. The number of nitrogens with one attached hydrogen (secondary N) is 1. The average Bonchev–Trinajstić information content (AvgIpc) is 2.98. The van der Waals surface area contributed by atoms with E-state index in [-0.39, 0.29) is 21.5 Å². The molecule has 0 spiro atoms. The lowest BCUT2D eigenvalue weighted by atomic mass is 10.2. The topological polar surface area (TPSA) is 73.2 Å². The fourth-order valence-electron chi connectivity index (χ4n) is 2.47. The first-order valence-corrected chi connectivity index (χ1v) is 8.74. The zero-order chi connectivity index (χ0) is 15.5. The molecule has 1 heterocycles. The number of hydrogen-bond donors (Lipinski definition) is 1. The first-order valence-electron chi connectivity index (χ1n) is 6.92. The van der Waals surface area contributed by atoms with E-state index in [9.17, 15) is 8.42 Å². The third-order valence-corrected chi connectivity index (χ3v) is 6.04. The van der Waals surface area contributed by atoms with Crippen molar-refractivity contribution in [2.45, 2.75) is 30.7 Å². The fraction of sp³-hybridized carbons (Fsp3) is 0.500. The van der Waals surface area contributed by atoms with Crippen molar-refractivity contribution in [3.63, 3.8) is 0 Å². The van der Waals surface area contributed by atoms with E-state index in [1.807, 2.05) is 6.07 Å². The summed E-state index contributed by atoms with van der Waals surface area (Å²) in [5, 5.41) is 12.4. The highest BCUT2D eigenvalue weighted by Crippen LogP contribution is 2.26. The van der Waals surface area contributed by atoms with Crippen LogP contribution in [0, 0.1) is 11.3 Å². The molecule has 0 bridgehead atoms. The van der Waals surface area contributed by atoms with E-state index in [2.05, 4.69) is 5.32 Å². The zero-order valence-corrected chi connectivity index (χ0v) is 13.4. The highest BCUT2D eigenvalue weighted by molar-refractivity contribution is 7.89. The molecule has 1 aromatic carbocycles. The van der Waals surface area contributed by atoms with E-state index in [4.69, 9.17) is 16.9 Å². The summed E-state index contributed by atoms with van der Waals surface area (Å²) in [7, 11) is -3.69. The Morgan fingerprint density at radius 2 is 2.29 bits per heavy atom. The van der Waals surface area contributed by atoms with Gasteiger partial charge in [0.2, 0.25) is 10.0 Å². The number of hydrogen-bond acceptors (Lipinski definition) is 4. The minimum absolute atomic E-state index is 0.00284. The van der Waals surface area contributed by atoms with Gasteiger partial charge in [-0.2, -0.15) is 9.57 Å². The molecule has 0 radical (unpaired) electrons. The smallest absolute Gasteiger partial charge is 0.244 e. The summed E-state index contributed by atoms with van der Waals surface area (Å²) in [6.45, 7) is 3.51. The van der Waals surface area contributed by atoms with Crippen LogP contribution in [-0.4, -0.2) is 38.4 Å². The third-order valence-electron chi connectivity index (χ3n) is 3.62. The lowest BCUT2D eigenvalue weighted by Crippen LogP contribution is -2.41. The van der Waals surface area contributed by atoms with Crippen molar-refractivity contribution < 1.29 is 8.42 Å². The van der Waals surface area contributed by atoms with Crippen LogP contribution in [0.2, 0.25) is 5.02 Å². The van der Waals surface area contributed by atoms with Crippen LogP contribution in [0.15, 0.2) is 23.1 Å². The van der Waals surface area contributed by atoms with Crippen LogP contribution in [0.3, 0.4) is 0 Å². The molecule has 1 N–H and O–H groups in total. The monoisotopic (exact) mass is 327 g/mol. The van der Waals surface area contributed by atoms with E-state index < -0.39 is 10.0 Å². The minimum atomic E-state index is -3.69. The highest BCUT2D eigenvalue weighted by atomic mass is 35.5. The molecular weight excluding hydrogens is 310 g/mol. The summed E-state index contributed by atoms with van der Waals surface area (Å²) < 4.78 is 26.9. The van der Waals surface area contributed by atoms with E-state index in [0.29, 0.717) is 13.1 Å². The molecule has 0 aromatic heterocycles. The van der Waals surface area contributed by atoms with E-state index in [0.717, 1.165) is 19.4 Å². The van der Waals surface area contributed by atoms with Gasteiger partial charge in [0.25, 0.3) is 0 Å². The first-order chi connectivity index (χ1) is 9.98. The molecule has 1 atom stereocenters. The Kier molecular flexibility index (Phi) is 5.22. The van der Waals surface area contributed by atoms with Gasteiger partial charge in [-0.3, -0.25) is 0 Å². The third kappa shape index (κ3) is 3.55. The number of sulfonamides is 1. The number of nitrogens with zero attached hydrogens (tertiary/aromatic N) is 2. The Bertz CT molecular complexity index is 649. The predicted octanol–water partition coefficient (Wildman–Crippen LogP) is 1.97. The van der Waals surface area contributed by atoms with E-state index in [1.165, 1.54) is 22.5 Å². The van der Waals surface area contributed by atoms with Crippen LogP contribution >= 0.6 is 11.6 Å². The maximum atomic E-state index is 12.7. The number of rotatable bonds is 5. The molecule has 1 saturated heterocycles. The summed E-state index contributed by atoms with van der Waals surface area (Å²) in [4.78, 5) is 0.00284. The largest absolute Gasteiger partial charge is 0.313 e. The van der Waals surface area contributed by atoms with Crippen molar-refractivity contribution in [1.82, 2.24) is 9.62 Å². The molecule has 1 aliphatic rings. The minimum Gasteiger partial charge on any atom is -0.313 e. The predicted molar refractivity (Wildman–Crippen MR) is 81.6 cm³/mol. The quantitative estimate of drug-likeness (QED) is 0.897. The van der Waals surface area contributed by atoms with Crippen LogP contribution in [0.1, 0.15) is 25.3 Å². The Hall–Kier alpha value is -1.13. The standard InChI is InChI=1S/C14H18ClN3O2S/c1-2-18(10-12-4-3-7-17-12)21(19,20)14-8-11(9-16)5-6-13(14)15/h5-6,8,12,17H,2-4,7,10H2,1H3. The molecule has 5 nitrogen and oxygen atoms in total. The number of benzene rings is 1. The van der Waals surface area contributed by atoms with Crippen molar-refractivity contribution in [2.24, 2.45) is 0 Å². The Morgan fingerprint density at radius 3 is 2.86 bits per heavy atom. The van der Waals surface area contributed by atoms with Crippen LogP contribution < -0.4 is 5.32 Å². The van der Waals surface area contributed by atoms with Crippen molar-refractivity contribution in [3.8, 4) is 6.07 Å². The van der Waals surface area contributed by atoms with Crippen molar-refractivity contribution in [3.05, 3.63) is 28.8 Å². The summed E-state index contributed by atoms with van der Waals surface area (Å²) in [6, 6.07) is 6.42. The van der Waals surface area contributed by atoms with E-state index >= 15 is 0 Å². The lowest BCUT2D eigenvalue weighted by molar-refractivity contribution is 0.383. The van der Waals surface area contributed by atoms with Gasteiger partial charge in [-0.25, -0.2) is 8.42 Å². The molecule has 0 amide bonds. The SMILES string of the molecule is CCN(CC1CCCN1)S(=O)(=O)c1cc(C#N)ccc1Cl. The second kappa shape index (κ2) is 6.75. The molecule has 2 rings (SSSR count). The number of nitriles is 1. The Labute approximate surface area is 130 Å². The van der Waals surface area contributed by atoms with Crippen LogP contribution in [-0.2, 0) is 10.0 Å². The molecule has 0 saturated carbocycles. The van der Waals surface area contributed by atoms with Gasteiger partial charge in [0.05, 0.1) is 16.7 Å². The number of likely N-dealkylation sites (N-methyl/N-ethyl adjacent to an activating group) is 1. The highest BCUT2D eigenvalue weighted by Gasteiger charge is 2.29. The summed E-state index contributed by atoms with van der Waals surface area (Å²) in [5.41, 5.74) is 0.285. The molecule has 21 heavy (non-hydrogen) atoms. The molecule has 0 aliphatic carbocycles. The maximum Gasteiger partial charge on any atom is 0.244 e.